The number of pyridine rings is 6. The van der Waals surface area contributed by atoms with Crippen molar-refractivity contribution in [1.29, 1.82) is 15.8 Å². The first-order valence-electron chi connectivity index (χ1n) is 37.3. The Bertz CT molecular complexity index is 4510. The molecule has 6 aromatic rings. The minimum atomic E-state index is -0.435. The zero-order valence-electron chi connectivity index (χ0n) is 65.4. The third-order valence-electron chi connectivity index (χ3n) is 20.7. The largest absolute Gasteiger partial charge is 0.381 e. The fourth-order valence-electron chi connectivity index (χ4n) is 14.3. The lowest BCUT2D eigenvalue weighted by Crippen LogP contribution is -2.40. The van der Waals surface area contributed by atoms with Gasteiger partial charge in [0.15, 0.2) is 18.9 Å². The van der Waals surface area contributed by atoms with E-state index in [-0.39, 0.29) is 86.5 Å². The van der Waals surface area contributed by atoms with Gasteiger partial charge in [-0.2, -0.15) is 15.8 Å². The second-order valence-corrected chi connectivity index (χ2v) is 28.4. The van der Waals surface area contributed by atoms with Gasteiger partial charge in [-0.05, 0) is 116 Å². The summed E-state index contributed by atoms with van der Waals surface area (Å²) in [5, 5.41) is 37.1. The maximum Gasteiger partial charge on any atom is 0.328 e. The number of ether oxygens (including phenoxy) is 6. The van der Waals surface area contributed by atoms with E-state index in [2.05, 4.69) is 71.0 Å². The number of hydrogen-bond acceptors (Lipinski definition) is 26. The molecule has 35 nitrogen and oxygen atoms in total. The van der Waals surface area contributed by atoms with Crippen LogP contribution in [0.3, 0.4) is 0 Å². The highest BCUT2D eigenvalue weighted by Gasteiger charge is 2.34. The van der Waals surface area contributed by atoms with E-state index < -0.39 is 18.1 Å². The number of methoxy groups -OCH3 is 5. The van der Waals surface area contributed by atoms with Crippen LogP contribution in [0.25, 0.3) is 0 Å². The highest BCUT2D eigenvalue weighted by Crippen LogP contribution is 2.35. The zero-order valence-corrected chi connectivity index (χ0v) is 65.4. The number of nitriles is 3. The molecule has 0 bridgehead atoms. The van der Waals surface area contributed by atoms with E-state index in [1.54, 1.807) is 53.6 Å². The summed E-state index contributed by atoms with van der Waals surface area (Å²) in [5.41, 5.74) is 8.28. The Morgan fingerprint density at radius 1 is 0.500 bits per heavy atom. The van der Waals surface area contributed by atoms with Gasteiger partial charge in [0.05, 0.1) is 46.9 Å². The molecule has 0 saturated carbocycles. The molecule has 35 heteroatoms. The molecular formula is C79H94N20O15. The van der Waals surface area contributed by atoms with Crippen molar-refractivity contribution in [2.75, 3.05) is 176 Å². The topological polar surface area (TPSA) is 420 Å². The van der Waals surface area contributed by atoms with Crippen LogP contribution in [0, 0.1) is 45.8 Å². The predicted molar refractivity (Wildman–Crippen MR) is 417 cm³/mol. The van der Waals surface area contributed by atoms with Gasteiger partial charge in [0, 0.05) is 176 Å². The Labute approximate surface area is 660 Å². The lowest BCUT2D eigenvalue weighted by Gasteiger charge is -2.29. The Hall–Kier alpha value is -12.0. The van der Waals surface area contributed by atoms with Crippen LogP contribution in [0.1, 0.15) is 126 Å². The standard InChI is InChI=1S/C27H32N6O5.2C26H31N7O5/c1-17-14-38-15-21(17)8-19-9-24(29-11-22(19)10-28)31-27(36)33-6-4-5-18-7-20(23(13-34)30-26(18)33)12-32(2)25(35)16-37-3;2*1-31(24(35)16-37-2)13-18-9-17-5-4-7-33(25(17)29-21(18)15-34)26(36)30-23-10-22(19(11-27)12-28-23)32-8-6-20(14-32)38-3/h7,9,11,13,17,21H,4-6,8,12,14-16H2,1-3H3,(H,29,31,36);2*9-10,12,15,20H,4-8,13-14,16H2,1-3H3,(H,28,30,36)/t17-,21?;2*20-/m110/s1. The summed E-state index contributed by atoms with van der Waals surface area (Å²) in [6.07, 6.45) is 13.0. The predicted octanol–water partition coefficient (Wildman–Crippen LogP) is 6.53. The smallest absolute Gasteiger partial charge is 0.328 e. The van der Waals surface area contributed by atoms with Gasteiger partial charge < -0.3 is 52.9 Å². The van der Waals surface area contributed by atoms with Crippen molar-refractivity contribution < 1.29 is 71.6 Å². The third-order valence-corrected chi connectivity index (χ3v) is 20.7. The second kappa shape index (κ2) is 39.9. The van der Waals surface area contributed by atoms with Gasteiger partial charge in [0.1, 0.15) is 90.0 Å². The summed E-state index contributed by atoms with van der Waals surface area (Å²) in [4.78, 5) is 151. The molecule has 0 radical (unpaired) electrons. The van der Waals surface area contributed by atoms with Gasteiger partial charge in [-0.1, -0.05) is 6.92 Å². The summed E-state index contributed by atoms with van der Waals surface area (Å²) < 4.78 is 31.1. The molecule has 6 aliphatic rings. The number of fused-ring (bicyclic) bond motifs is 3. The maximum absolute atomic E-state index is 13.3. The molecule has 1 unspecified atom stereocenters. The molecule has 12 rings (SSSR count). The fourth-order valence-corrected chi connectivity index (χ4v) is 14.3. The lowest BCUT2D eigenvalue weighted by atomic mass is 9.90. The number of aromatic nitrogens is 6. The minimum Gasteiger partial charge on any atom is -0.381 e. The Morgan fingerprint density at radius 2 is 0.851 bits per heavy atom. The summed E-state index contributed by atoms with van der Waals surface area (Å²) in [5.74, 6) is 2.21. The second-order valence-electron chi connectivity index (χ2n) is 28.4. The number of nitrogens with zero attached hydrogens (tertiary/aromatic N) is 17. The van der Waals surface area contributed by atoms with Crippen LogP contribution < -0.4 is 40.4 Å². The van der Waals surface area contributed by atoms with E-state index in [1.807, 2.05) is 28.0 Å². The van der Waals surface area contributed by atoms with Gasteiger partial charge in [-0.15, -0.1) is 0 Å². The number of nitrogens with one attached hydrogen (secondary N) is 3. The van der Waals surface area contributed by atoms with Gasteiger partial charge in [-0.25, -0.2) is 44.3 Å². The number of carbonyl (C=O) groups is 9. The van der Waals surface area contributed by atoms with Crippen molar-refractivity contribution in [2.45, 2.75) is 96.6 Å². The minimum absolute atomic E-state index is 0.0577. The van der Waals surface area contributed by atoms with Crippen molar-refractivity contribution in [3.63, 3.8) is 0 Å². The fraction of sp³-hybridized carbons (Fsp3) is 0.468. The van der Waals surface area contributed by atoms with Crippen LogP contribution in [0.4, 0.5) is 60.7 Å². The van der Waals surface area contributed by atoms with E-state index in [0.29, 0.717) is 201 Å². The van der Waals surface area contributed by atoms with Crippen LogP contribution >= 0.6 is 0 Å². The molecule has 4 atom stereocenters. The number of amides is 9. The van der Waals surface area contributed by atoms with E-state index in [4.69, 9.17) is 28.4 Å². The lowest BCUT2D eigenvalue weighted by molar-refractivity contribution is -0.135. The molecule has 3 saturated heterocycles. The molecule has 0 aliphatic carbocycles. The van der Waals surface area contributed by atoms with E-state index in [9.17, 15) is 58.9 Å². The number of rotatable bonds is 24. The summed E-state index contributed by atoms with van der Waals surface area (Å²) in [7, 11) is 12.6. The molecule has 9 amide bonds. The van der Waals surface area contributed by atoms with Crippen LogP contribution in [0.2, 0.25) is 0 Å². The van der Waals surface area contributed by atoms with Crippen LogP contribution in [0.5, 0.6) is 0 Å². The molecule has 600 valence electrons. The average molecular weight is 1560 g/mol. The summed E-state index contributed by atoms with van der Waals surface area (Å²) in [6.45, 7) is 7.91. The van der Waals surface area contributed by atoms with Gasteiger partial charge in [0.25, 0.3) is 0 Å². The number of anilines is 8. The van der Waals surface area contributed by atoms with Crippen molar-refractivity contribution in [2.24, 2.45) is 11.8 Å². The summed E-state index contributed by atoms with van der Waals surface area (Å²) in [6, 6.07) is 15.9. The monoisotopic (exact) mass is 1560 g/mol. The first-order chi connectivity index (χ1) is 55.1. The Balaban J connectivity index is 0.000000181. The molecule has 6 aliphatic heterocycles. The number of carbonyl (C=O) groups excluding carboxylic acids is 9. The van der Waals surface area contributed by atoms with E-state index in [1.165, 1.54) is 69.3 Å². The Kier molecular flexibility index (Phi) is 29.6. The zero-order chi connectivity index (χ0) is 81.7. The molecule has 12 heterocycles. The number of likely N-dealkylation sites (N-methyl/N-ethyl adjacent to an activating group) is 3. The normalized spacial score (nSPS) is 17.2. The first-order valence-corrected chi connectivity index (χ1v) is 37.3. The van der Waals surface area contributed by atoms with Crippen LogP contribution in [-0.2, 0) is 88.1 Å². The molecular weight excluding hydrogens is 1470 g/mol. The van der Waals surface area contributed by atoms with Crippen molar-refractivity contribution >= 4 is 101 Å². The molecule has 0 aromatic carbocycles. The number of urea groups is 3. The summed E-state index contributed by atoms with van der Waals surface area (Å²) >= 11 is 0. The van der Waals surface area contributed by atoms with E-state index in [0.717, 1.165) is 48.2 Å². The van der Waals surface area contributed by atoms with Crippen molar-refractivity contribution in [1.82, 2.24) is 44.6 Å². The highest BCUT2D eigenvalue weighted by molar-refractivity contribution is 6.04. The van der Waals surface area contributed by atoms with Crippen LogP contribution in [0.15, 0.2) is 55.0 Å². The molecule has 3 N–H and O–H groups in total. The van der Waals surface area contributed by atoms with Gasteiger partial charge >= 0.3 is 18.1 Å². The van der Waals surface area contributed by atoms with Crippen LogP contribution in [-0.4, -0.2) is 247 Å². The molecule has 6 aromatic heterocycles. The first kappa shape index (κ1) is 84.4. The van der Waals surface area contributed by atoms with Crippen molar-refractivity contribution in [3.8, 4) is 18.2 Å². The van der Waals surface area contributed by atoms with Crippen molar-refractivity contribution in [3.05, 3.63) is 128 Å². The SMILES string of the molecule is COCC(=O)N(C)Cc1cc2c(nc1C=O)N(C(=O)Nc1cc(CC3COC[C@H]3C)c(C#N)cn1)CCC2.COCC(=O)N(C)Cc1cc2c(nc1C=O)N(C(=O)Nc1cc(N3CC[C@@H](OC)C3)c(C#N)cn1)CCC2.COCC(=O)N(C)Cc1cc2c(nc1C=O)N(C(=O)Nc1cc(N3CC[C@H](OC)C3)c(C#N)cn1)CCC2. The molecule has 0 spiro atoms. The van der Waals surface area contributed by atoms with Gasteiger partial charge in [0.2, 0.25) is 17.7 Å². The molecule has 3 fully saturated rings. The maximum atomic E-state index is 13.3. The highest BCUT2D eigenvalue weighted by atomic mass is 16.5. The Morgan fingerprint density at radius 3 is 1.16 bits per heavy atom. The number of aryl methyl sites for hydroxylation is 3. The number of aldehydes is 3. The average Bonchev–Trinajstić information content (AvgIpc) is 1.64. The third kappa shape index (κ3) is 20.6. The number of hydrogen-bond donors (Lipinski definition) is 3. The van der Waals surface area contributed by atoms with E-state index >= 15 is 0 Å². The van der Waals surface area contributed by atoms with Gasteiger partial charge in [-0.3, -0.25) is 59.4 Å². The molecule has 114 heavy (non-hydrogen) atoms. The quantitative estimate of drug-likeness (QED) is 0.0542.